The van der Waals surface area contributed by atoms with Gasteiger partial charge in [0, 0.05) is 30.9 Å². The van der Waals surface area contributed by atoms with E-state index in [0.717, 1.165) is 17.7 Å². The summed E-state index contributed by atoms with van der Waals surface area (Å²) in [7, 11) is 0. The summed E-state index contributed by atoms with van der Waals surface area (Å²) >= 11 is 0. The second-order valence-electron chi connectivity index (χ2n) is 5.42. The maximum Gasteiger partial charge on any atom is 0.254 e. The Kier molecular flexibility index (Phi) is 5.67. The van der Waals surface area contributed by atoms with E-state index >= 15 is 0 Å². The molecule has 1 amide bonds. The second-order valence-corrected chi connectivity index (χ2v) is 5.42. The molecule has 4 heteroatoms. The molecular weight excluding hydrogens is 274 g/mol. The zero-order chi connectivity index (χ0) is 15.9. The van der Waals surface area contributed by atoms with E-state index in [1.807, 2.05) is 35.2 Å². The van der Waals surface area contributed by atoms with E-state index in [0.29, 0.717) is 18.7 Å². The number of hydrogen-bond donors (Lipinski definition) is 1. The van der Waals surface area contributed by atoms with E-state index in [1.165, 1.54) is 0 Å². The summed E-state index contributed by atoms with van der Waals surface area (Å²) in [6.45, 7) is 5.11. The van der Waals surface area contributed by atoms with Crippen molar-refractivity contribution in [3.8, 4) is 0 Å². The van der Waals surface area contributed by atoms with Gasteiger partial charge in [-0.15, -0.1) is 0 Å². The van der Waals surface area contributed by atoms with Gasteiger partial charge < -0.3 is 10.6 Å². The molecule has 0 aliphatic heterocycles. The Balaban J connectivity index is 2.26. The van der Waals surface area contributed by atoms with Crippen molar-refractivity contribution in [1.82, 2.24) is 9.88 Å². The van der Waals surface area contributed by atoms with Crippen LogP contribution in [0.2, 0.25) is 0 Å². The van der Waals surface area contributed by atoms with Gasteiger partial charge in [0.2, 0.25) is 0 Å². The Morgan fingerprint density at radius 2 is 2.00 bits per heavy atom. The van der Waals surface area contributed by atoms with Gasteiger partial charge in [-0.1, -0.05) is 37.3 Å². The molecule has 0 aliphatic carbocycles. The first kappa shape index (κ1) is 16.2. The van der Waals surface area contributed by atoms with Crippen molar-refractivity contribution < 1.29 is 4.79 Å². The average molecular weight is 297 g/mol. The molecule has 0 spiro atoms. The van der Waals surface area contributed by atoms with Crippen LogP contribution < -0.4 is 5.73 Å². The Morgan fingerprint density at radius 1 is 1.27 bits per heavy atom. The number of benzene rings is 1. The fourth-order valence-corrected chi connectivity index (χ4v) is 2.32. The van der Waals surface area contributed by atoms with E-state index in [2.05, 4.69) is 18.8 Å². The summed E-state index contributed by atoms with van der Waals surface area (Å²) in [4.78, 5) is 18.9. The third-order valence-corrected chi connectivity index (χ3v) is 3.85. The zero-order valence-corrected chi connectivity index (χ0v) is 13.2. The van der Waals surface area contributed by atoms with Gasteiger partial charge in [-0.25, -0.2) is 0 Å². The number of rotatable bonds is 6. The van der Waals surface area contributed by atoms with Crippen LogP contribution in [0.3, 0.4) is 0 Å². The minimum Gasteiger partial charge on any atom is -0.332 e. The smallest absolute Gasteiger partial charge is 0.254 e. The minimum atomic E-state index is 0.0234. The van der Waals surface area contributed by atoms with Crippen LogP contribution in [0.1, 0.15) is 41.9 Å². The predicted molar refractivity (Wildman–Crippen MR) is 88.2 cm³/mol. The number of pyridine rings is 1. The third kappa shape index (κ3) is 3.92. The average Bonchev–Trinajstić information content (AvgIpc) is 2.59. The highest BCUT2D eigenvalue weighted by atomic mass is 16.2. The lowest BCUT2D eigenvalue weighted by atomic mass is 10.1. The van der Waals surface area contributed by atoms with Gasteiger partial charge in [-0.2, -0.15) is 0 Å². The normalized spacial score (nSPS) is 12.0. The lowest BCUT2D eigenvalue weighted by Crippen LogP contribution is -2.37. The Bertz CT molecular complexity index is 613. The van der Waals surface area contributed by atoms with Crippen molar-refractivity contribution in [3.63, 3.8) is 0 Å². The number of nitrogens with two attached hydrogens (primary N) is 1. The highest BCUT2D eigenvalue weighted by Crippen LogP contribution is 2.15. The molecule has 1 heterocycles. The van der Waals surface area contributed by atoms with Crippen molar-refractivity contribution in [3.05, 3.63) is 65.5 Å². The first-order valence-electron chi connectivity index (χ1n) is 7.65. The zero-order valence-electron chi connectivity index (χ0n) is 13.2. The Morgan fingerprint density at radius 3 is 2.64 bits per heavy atom. The molecule has 1 atom stereocenters. The number of nitrogens with zero attached hydrogens (tertiary/aromatic N) is 2. The first-order chi connectivity index (χ1) is 10.7. The molecule has 2 rings (SSSR count). The van der Waals surface area contributed by atoms with Gasteiger partial charge in [0.15, 0.2) is 0 Å². The lowest BCUT2D eigenvalue weighted by Gasteiger charge is -2.29. The number of carbonyl (C=O) groups excluding carboxylic acids is 1. The Labute approximate surface area is 132 Å². The van der Waals surface area contributed by atoms with Crippen LogP contribution in [-0.2, 0) is 13.1 Å². The van der Waals surface area contributed by atoms with Crippen LogP contribution in [0.4, 0.5) is 0 Å². The number of amides is 1. The molecule has 0 saturated heterocycles. The first-order valence-corrected chi connectivity index (χ1v) is 7.65. The lowest BCUT2D eigenvalue weighted by molar-refractivity contribution is 0.0671. The monoisotopic (exact) mass is 297 g/mol. The molecule has 0 bridgehead atoms. The minimum absolute atomic E-state index is 0.0234. The topological polar surface area (TPSA) is 59.2 Å². The summed E-state index contributed by atoms with van der Waals surface area (Å²) in [5.41, 5.74) is 8.12. The quantitative estimate of drug-likeness (QED) is 0.891. The maximum absolute atomic E-state index is 12.9. The molecule has 0 saturated carbocycles. The molecular formula is C18H23N3O. The molecule has 2 N–H and O–H groups in total. The highest BCUT2D eigenvalue weighted by Gasteiger charge is 2.21. The summed E-state index contributed by atoms with van der Waals surface area (Å²) in [5.74, 6) is 0.0234. The van der Waals surface area contributed by atoms with Crippen LogP contribution in [-0.4, -0.2) is 21.8 Å². The van der Waals surface area contributed by atoms with Crippen LogP contribution in [0, 0.1) is 0 Å². The van der Waals surface area contributed by atoms with E-state index in [4.69, 9.17) is 5.73 Å². The SMILES string of the molecule is CCC(C)N(Cc1ccccc1)C(=O)c1ccnc(CN)c1. The molecule has 1 aromatic carbocycles. The van der Waals surface area contributed by atoms with E-state index < -0.39 is 0 Å². The molecule has 4 nitrogen and oxygen atoms in total. The third-order valence-electron chi connectivity index (χ3n) is 3.85. The summed E-state index contributed by atoms with van der Waals surface area (Å²) < 4.78 is 0. The largest absolute Gasteiger partial charge is 0.332 e. The molecule has 1 unspecified atom stereocenters. The Hall–Kier alpha value is -2.20. The second kappa shape index (κ2) is 7.71. The molecule has 22 heavy (non-hydrogen) atoms. The number of carbonyl (C=O) groups is 1. The van der Waals surface area contributed by atoms with E-state index in [9.17, 15) is 4.79 Å². The van der Waals surface area contributed by atoms with Crippen LogP contribution in [0.15, 0.2) is 48.7 Å². The van der Waals surface area contributed by atoms with Crippen molar-refractivity contribution >= 4 is 5.91 Å². The standard InChI is InChI=1S/C18H23N3O/c1-3-14(2)21(13-15-7-5-4-6-8-15)18(22)16-9-10-20-17(11-16)12-19/h4-11,14H,3,12-13,19H2,1-2H3. The molecule has 0 fully saturated rings. The summed E-state index contributed by atoms with van der Waals surface area (Å²) in [6, 6.07) is 13.8. The van der Waals surface area contributed by atoms with Crippen molar-refractivity contribution in [1.29, 1.82) is 0 Å². The van der Waals surface area contributed by atoms with Crippen LogP contribution in [0.25, 0.3) is 0 Å². The molecule has 2 aromatic rings. The van der Waals surface area contributed by atoms with Gasteiger partial charge in [0.25, 0.3) is 5.91 Å². The molecule has 0 aliphatic rings. The molecule has 1 aromatic heterocycles. The fraction of sp³-hybridized carbons (Fsp3) is 0.333. The molecule has 116 valence electrons. The van der Waals surface area contributed by atoms with Crippen LogP contribution >= 0.6 is 0 Å². The van der Waals surface area contributed by atoms with Gasteiger partial charge in [0.05, 0.1) is 5.69 Å². The number of hydrogen-bond acceptors (Lipinski definition) is 3. The molecule has 0 radical (unpaired) electrons. The van der Waals surface area contributed by atoms with Crippen molar-refractivity contribution in [2.45, 2.75) is 39.4 Å². The predicted octanol–water partition coefficient (Wildman–Crippen LogP) is 2.98. The van der Waals surface area contributed by atoms with Gasteiger partial charge in [-0.05, 0) is 31.0 Å². The summed E-state index contributed by atoms with van der Waals surface area (Å²) in [5, 5.41) is 0. The van der Waals surface area contributed by atoms with E-state index in [1.54, 1.807) is 18.3 Å². The van der Waals surface area contributed by atoms with Crippen LogP contribution in [0.5, 0.6) is 0 Å². The fourth-order valence-electron chi connectivity index (χ4n) is 2.32. The van der Waals surface area contributed by atoms with Gasteiger partial charge in [-0.3, -0.25) is 9.78 Å². The van der Waals surface area contributed by atoms with Crippen molar-refractivity contribution in [2.24, 2.45) is 5.73 Å². The van der Waals surface area contributed by atoms with Gasteiger partial charge >= 0.3 is 0 Å². The van der Waals surface area contributed by atoms with E-state index in [-0.39, 0.29) is 11.9 Å². The summed E-state index contributed by atoms with van der Waals surface area (Å²) in [6.07, 6.45) is 2.56. The number of aromatic nitrogens is 1. The van der Waals surface area contributed by atoms with Crippen molar-refractivity contribution in [2.75, 3.05) is 0 Å². The highest BCUT2D eigenvalue weighted by molar-refractivity contribution is 5.94. The maximum atomic E-state index is 12.9. The van der Waals surface area contributed by atoms with Gasteiger partial charge in [0.1, 0.15) is 0 Å².